The van der Waals surface area contributed by atoms with Gasteiger partial charge in [0.25, 0.3) is 11.8 Å². The van der Waals surface area contributed by atoms with Gasteiger partial charge in [0, 0.05) is 18.1 Å². The molecule has 0 aliphatic heterocycles. The van der Waals surface area contributed by atoms with Crippen molar-refractivity contribution >= 4 is 34.8 Å². The summed E-state index contributed by atoms with van der Waals surface area (Å²) < 4.78 is 0. The standard InChI is InChI=1S/C22H20ClN3O2/c1-13-8-15(3)20(18(23)9-13)26-22(28)17-10-16(11-24-12-17)21(27)25-19-7-5-4-6-14(19)2/h4-12H,1-3H3,(H,25,27)(H,26,28). The lowest BCUT2D eigenvalue weighted by molar-refractivity contribution is 0.102. The highest BCUT2D eigenvalue weighted by Crippen LogP contribution is 2.27. The van der Waals surface area contributed by atoms with Crippen molar-refractivity contribution < 1.29 is 9.59 Å². The van der Waals surface area contributed by atoms with Crippen molar-refractivity contribution in [1.29, 1.82) is 0 Å². The maximum atomic E-state index is 12.6. The van der Waals surface area contributed by atoms with Gasteiger partial charge in [-0.1, -0.05) is 35.9 Å². The van der Waals surface area contributed by atoms with Gasteiger partial charge in [-0.3, -0.25) is 14.6 Å². The third kappa shape index (κ3) is 4.38. The number of halogens is 1. The summed E-state index contributed by atoms with van der Waals surface area (Å²) in [6.07, 6.45) is 2.84. The van der Waals surface area contributed by atoms with E-state index in [-0.39, 0.29) is 17.4 Å². The van der Waals surface area contributed by atoms with Gasteiger partial charge < -0.3 is 10.6 Å². The molecule has 0 saturated heterocycles. The number of pyridine rings is 1. The van der Waals surface area contributed by atoms with Gasteiger partial charge in [0.1, 0.15) is 0 Å². The summed E-state index contributed by atoms with van der Waals surface area (Å²) >= 11 is 6.26. The largest absolute Gasteiger partial charge is 0.322 e. The first-order valence-corrected chi connectivity index (χ1v) is 9.13. The second-order valence-corrected chi connectivity index (χ2v) is 7.03. The van der Waals surface area contributed by atoms with Crippen molar-refractivity contribution in [3.63, 3.8) is 0 Å². The van der Waals surface area contributed by atoms with Crippen LogP contribution in [-0.2, 0) is 0 Å². The lowest BCUT2D eigenvalue weighted by atomic mass is 10.1. The van der Waals surface area contributed by atoms with Gasteiger partial charge in [-0.25, -0.2) is 0 Å². The van der Waals surface area contributed by atoms with Crippen LogP contribution in [0.1, 0.15) is 37.4 Å². The first-order chi connectivity index (χ1) is 13.3. The van der Waals surface area contributed by atoms with E-state index >= 15 is 0 Å². The highest BCUT2D eigenvalue weighted by atomic mass is 35.5. The zero-order chi connectivity index (χ0) is 20.3. The second kappa shape index (κ2) is 8.23. The number of rotatable bonds is 4. The van der Waals surface area contributed by atoms with Gasteiger partial charge in [0.2, 0.25) is 0 Å². The Labute approximate surface area is 168 Å². The van der Waals surface area contributed by atoms with Crippen LogP contribution in [0.4, 0.5) is 11.4 Å². The fourth-order valence-electron chi connectivity index (χ4n) is 2.86. The van der Waals surface area contributed by atoms with Crippen LogP contribution in [-0.4, -0.2) is 16.8 Å². The van der Waals surface area contributed by atoms with Crippen LogP contribution in [0.15, 0.2) is 54.9 Å². The number of carbonyl (C=O) groups is 2. The van der Waals surface area contributed by atoms with Crippen molar-refractivity contribution in [2.45, 2.75) is 20.8 Å². The molecule has 0 bridgehead atoms. The zero-order valence-electron chi connectivity index (χ0n) is 15.8. The Morgan fingerprint density at radius 2 is 1.50 bits per heavy atom. The van der Waals surface area contributed by atoms with E-state index in [0.717, 1.165) is 16.7 Å². The molecule has 3 aromatic rings. The number of para-hydroxylation sites is 1. The van der Waals surface area contributed by atoms with Crippen LogP contribution >= 0.6 is 11.6 Å². The topological polar surface area (TPSA) is 71.1 Å². The summed E-state index contributed by atoms with van der Waals surface area (Å²) in [6, 6.07) is 12.7. The molecule has 0 radical (unpaired) electrons. The molecule has 0 aliphatic carbocycles. The maximum absolute atomic E-state index is 12.6. The van der Waals surface area contributed by atoms with Crippen molar-refractivity contribution in [1.82, 2.24) is 4.98 Å². The molecule has 5 nitrogen and oxygen atoms in total. The molecule has 1 aromatic heterocycles. The molecule has 2 N–H and O–H groups in total. The first kappa shape index (κ1) is 19.6. The molecule has 0 spiro atoms. The number of nitrogens with zero attached hydrogens (tertiary/aromatic N) is 1. The van der Waals surface area contributed by atoms with Gasteiger partial charge in [-0.2, -0.15) is 0 Å². The third-order valence-electron chi connectivity index (χ3n) is 4.33. The smallest absolute Gasteiger partial charge is 0.257 e. The molecule has 142 valence electrons. The van der Waals surface area contributed by atoms with Gasteiger partial charge in [0.15, 0.2) is 0 Å². The van der Waals surface area contributed by atoms with Gasteiger partial charge in [0.05, 0.1) is 21.8 Å². The Balaban J connectivity index is 1.80. The van der Waals surface area contributed by atoms with Crippen molar-refractivity contribution in [3.05, 3.63) is 87.7 Å². The number of hydrogen-bond donors (Lipinski definition) is 2. The Hall–Kier alpha value is -3.18. The van der Waals surface area contributed by atoms with Gasteiger partial charge in [-0.15, -0.1) is 0 Å². The van der Waals surface area contributed by atoms with Crippen LogP contribution in [0.5, 0.6) is 0 Å². The van der Waals surface area contributed by atoms with E-state index in [9.17, 15) is 9.59 Å². The Kier molecular flexibility index (Phi) is 5.76. The lowest BCUT2D eigenvalue weighted by Crippen LogP contribution is -2.17. The van der Waals surface area contributed by atoms with Crippen LogP contribution in [0, 0.1) is 20.8 Å². The number of aromatic nitrogens is 1. The van der Waals surface area contributed by atoms with Crippen molar-refractivity contribution in [3.8, 4) is 0 Å². The van der Waals surface area contributed by atoms with Crippen molar-refractivity contribution in [2.24, 2.45) is 0 Å². The molecule has 0 fully saturated rings. The fourth-order valence-corrected chi connectivity index (χ4v) is 3.22. The highest BCUT2D eigenvalue weighted by molar-refractivity contribution is 6.34. The van der Waals surface area contributed by atoms with Crippen LogP contribution in [0.25, 0.3) is 0 Å². The summed E-state index contributed by atoms with van der Waals surface area (Å²) in [5.74, 6) is -0.715. The van der Waals surface area contributed by atoms with E-state index in [1.807, 2.05) is 51.1 Å². The molecule has 0 saturated carbocycles. The molecule has 0 aliphatic rings. The minimum atomic E-state index is -0.383. The molecule has 6 heteroatoms. The third-order valence-corrected chi connectivity index (χ3v) is 4.62. The molecule has 2 aromatic carbocycles. The predicted molar refractivity (Wildman–Crippen MR) is 112 cm³/mol. The van der Waals surface area contributed by atoms with E-state index in [1.165, 1.54) is 18.5 Å². The molecular weight excluding hydrogens is 374 g/mol. The second-order valence-electron chi connectivity index (χ2n) is 6.62. The van der Waals surface area contributed by atoms with Gasteiger partial charge in [-0.05, 0) is 55.7 Å². The average Bonchev–Trinajstić information content (AvgIpc) is 2.66. The van der Waals surface area contributed by atoms with Crippen LogP contribution in [0.3, 0.4) is 0 Å². The number of carbonyl (C=O) groups excluding carboxylic acids is 2. The quantitative estimate of drug-likeness (QED) is 0.642. The summed E-state index contributed by atoms with van der Waals surface area (Å²) in [6.45, 7) is 5.72. The predicted octanol–water partition coefficient (Wildman–Crippen LogP) is 5.16. The Morgan fingerprint density at radius 3 is 2.14 bits per heavy atom. The normalized spacial score (nSPS) is 10.4. The Bertz CT molecular complexity index is 1040. The molecule has 1 heterocycles. The van der Waals surface area contributed by atoms with E-state index in [0.29, 0.717) is 22.0 Å². The summed E-state index contributed by atoms with van der Waals surface area (Å²) in [5.41, 5.74) is 4.64. The summed E-state index contributed by atoms with van der Waals surface area (Å²) in [5, 5.41) is 6.10. The fraction of sp³-hybridized carbons (Fsp3) is 0.136. The summed E-state index contributed by atoms with van der Waals surface area (Å²) in [7, 11) is 0. The minimum absolute atomic E-state index is 0.272. The maximum Gasteiger partial charge on any atom is 0.257 e. The number of hydrogen-bond acceptors (Lipinski definition) is 3. The lowest BCUT2D eigenvalue weighted by Gasteiger charge is -2.12. The average molecular weight is 394 g/mol. The number of amides is 2. The SMILES string of the molecule is Cc1cc(C)c(NC(=O)c2cncc(C(=O)Nc3ccccc3C)c2)c(Cl)c1. The zero-order valence-corrected chi connectivity index (χ0v) is 16.6. The molecule has 28 heavy (non-hydrogen) atoms. The molecule has 0 atom stereocenters. The summed E-state index contributed by atoms with van der Waals surface area (Å²) in [4.78, 5) is 29.2. The van der Waals surface area contributed by atoms with E-state index < -0.39 is 0 Å². The number of nitrogens with one attached hydrogen (secondary N) is 2. The van der Waals surface area contributed by atoms with Crippen LogP contribution in [0.2, 0.25) is 5.02 Å². The molecule has 3 rings (SSSR count). The first-order valence-electron chi connectivity index (χ1n) is 8.75. The molecule has 0 unspecified atom stereocenters. The number of aryl methyl sites for hydroxylation is 3. The molecule has 2 amide bonds. The van der Waals surface area contributed by atoms with E-state index in [2.05, 4.69) is 15.6 Å². The number of anilines is 2. The minimum Gasteiger partial charge on any atom is -0.322 e. The van der Waals surface area contributed by atoms with E-state index in [4.69, 9.17) is 11.6 Å². The van der Waals surface area contributed by atoms with E-state index in [1.54, 1.807) is 6.07 Å². The highest BCUT2D eigenvalue weighted by Gasteiger charge is 2.15. The Morgan fingerprint density at radius 1 is 0.857 bits per heavy atom. The van der Waals surface area contributed by atoms with Gasteiger partial charge >= 0.3 is 0 Å². The van der Waals surface area contributed by atoms with Crippen LogP contribution < -0.4 is 10.6 Å². The van der Waals surface area contributed by atoms with Crippen molar-refractivity contribution in [2.75, 3.05) is 10.6 Å². The molecular formula is C22H20ClN3O2. The number of benzene rings is 2. The monoisotopic (exact) mass is 393 g/mol.